The minimum atomic E-state index is 0.145. The topological polar surface area (TPSA) is 47.4 Å². The largest absolute Gasteiger partial charge is 0.367 e. The van der Waals surface area contributed by atoms with E-state index in [1.165, 1.54) is 6.21 Å². The lowest BCUT2D eigenvalue weighted by Gasteiger charge is -2.36. The van der Waals surface area contributed by atoms with Crippen molar-refractivity contribution in [2.24, 2.45) is 0 Å². The van der Waals surface area contributed by atoms with E-state index in [1.807, 2.05) is 65.6 Å². The van der Waals surface area contributed by atoms with Gasteiger partial charge < -0.3 is 15.2 Å². The van der Waals surface area contributed by atoms with Gasteiger partial charge in [0.05, 0.1) is 17.1 Å². The van der Waals surface area contributed by atoms with Crippen LogP contribution in [0.5, 0.6) is 0 Å². The Hall–Kier alpha value is -2.85. The number of amides is 1. The van der Waals surface area contributed by atoms with Crippen molar-refractivity contribution in [2.45, 2.75) is 6.42 Å². The first kappa shape index (κ1) is 18.5. The highest BCUT2D eigenvalue weighted by Gasteiger charge is 2.23. The van der Waals surface area contributed by atoms with Gasteiger partial charge in [-0.25, -0.2) is 0 Å². The molecule has 0 aromatic heterocycles. The van der Waals surface area contributed by atoms with Crippen LogP contribution in [0.15, 0.2) is 60.7 Å². The van der Waals surface area contributed by atoms with E-state index in [1.54, 1.807) is 0 Å². The van der Waals surface area contributed by atoms with Crippen LogP contribution in [0.2, 0.25) is 5.02 Å². The van der Waals surface area contributed by atoms with Crippen molar-refractivity contribution >= 4 is 40.2 Å². The second-order valence-corrected chi connectivity index (χ2v) is 7.41. The molecule has 4 rings (SSSR count). The molecule has 4 nitrogen and oxygen atoms in total. The number of hydrogen-bond acceptors (Lipinski definition) is 3. The summed E-state index contributed by atoms with van der Waals surface area (Å²) in [4.78, 5) is 17.1. The molecule has 0 saturated carbocycles. The molecule has 0 atom stereocenters. The lowest BCUT2D eigenvalue weighted by Crippen LogP contribution is -2.49. The van der Waals surface area contributed by atoms with Crippen molar-refractivity contribution in [1.82, 2.24) is 4.90 Å². The Labute approximate surface area is 169 Å². The molecule has 142 valence electrons. The lowest BCUT2D eigenvalue weighted by atomic mass is 9.98. The standard InChI is InChI=1S/C23H22ClN3O/c24-21-7-3-4-8-22(21)26-11-13-27(14-12-26)23(28)15-17-9-10-18(16-25)20-6-2-1-5-19(17)20/h1-10,16,25H,11-15H2. The molecule has 1 fully saturated rings. The molecule has 0 aliphatic carbocycles. The van der Waals surface area contributed by atoms with Gasteiger partial charge in [0, 0.05) is 32.4 Å². The number of fused-ring (bicyclic) bond motifs is 1. The SMILES string of the molecule is N=Cc1ccc(CC(=O)N2CCN(c3ccccc3Cl)CC2)c2ccccc12. The predicted molar refractivity (Wildman–Crippen MR) is 116 cm³/mol. The van der Waals surface area contributed by atoms with Gasteiger partial charge in [-0.15, -0.1) is 0 Å². The highest BCUT2D eigenvalue weighted by atomic mass is 35.5. The van der Waals surface area contributed by atoms with Gasteiger partial charge in [0.25, 0.3) is 0 Å². The van der Waals surface area contributed by atoms with Gasteiger partial charge in [0.2, 0.25) is 5.91 Å². The van der Waals surface area contributed by atoms with E-state index in [0.29, 0.717) is 19.5 Å². The normalized spacial score (nSPS) is 14.3. The van der Waals surface area contributed by atoms with Crippen LogP contribution in [-0.2, 0) is 11.2 Å². The smallest absolute Gasteiger partial charge is 0.227 e. The zero-order valence-corrected chi connectivity index (χ0v) is 16.3. The fourth-order valence-electron chi connectivity index (χ4n) is 3.84. The molecule has 3 aromatic carbocycles. The molecule has 0 bridgehead atoms. The van der Waals surface area contributed by atoms with E-state index in [0.717, 1.165) is 45.7 Å². The summed E-state index contributed by atoms with van der Waals surface area (Å²) in [6, 6.07) is 19.7. The van der Waals surface area contributed by atoms with Gasteiger partial charge in [0.1, 0.15) is 0 Å². The molecule has 1 heterocycles. The monoisotopic (exact) mass is 391 g/mol. The quantitative estimate of drug-likeness (QED) is 0.671. The number of piperazine rings is 1. The number of halogens is 1. The molecule has 28 heavy (non-hydrogen) atoms. The van der Waals surface area contributed by atoms with Crippen LogP contribution in [0.1, 0.15) is 11.1 Å². The highest BCUT2D eigenvalue weighted by molar-refractivity contribution is 6.33. The lowest BCUT2D eigenvalue weighted by molar-refractivity contribution is -0.130. The van der Waals surface area contributed by atoms with Crippen LogP contribution in [0.3, 0.4) is 0 Å². The van der Waals surface area contributed by atoms with Gasteiger partial charge >= 0.3 is 0 Å². The Balaban J connectivity index is 1.46. The minimum Gasteiger partial charge on any atom is -0.367 e. The summed E-state index contributed by atoms with van der Waals surface area (Å²) in [6.07, 6.45) is 1.74. The Morgan fingerprint density at radius 2 is 1.61 bits per heavy atom. The second kappa shape index (κ2) is 8.03. The Morgan fingerprint density at radius 1 is 0.929 bits per heavy atom. The third-order valence-corrected chi connectivity index (χ3v) is 5.69. The molecule has 0 spiro atoms. The molecule has 0 unspecified atom stereocenters. The van der Waals surface area contributed by atoms with Crippen LogP contribution in [-0.4, -0.2) is 43.2 Å². The maximum absolute atomic E-state index is 12.9. The first-order valence-electron chi connectivity index (χ1n) is 9.46. The van der Waals surface area contributed by atoms with Crippen LogP contribution < -0.4 is 4.90 Å². The molecule has 1 N–H and O–H groups in total. The number of benzene rings is 3. The average Bonchev–Trinajstić information content (AvgIpc) is 2.74. The molecule has 5 heteroatoms. The maximum Gasteiger partial charge on any atom is 0.227 e. The van der Waals surface area contributed by atoms with Gasteiger partial charge in [-0.05, 0) is 34.0 Å². The number of rotatable bonds is 4. The number of anilines is 1. The minimum absolute atomic E-state index is 0.145. The number of carbonyl (C=O) groups excluding carboxylic acids is 1. The first-order valence-corrected chi connectivity index (χ1v) is 9.83. The molecule has 1 saturated heterocycles. The summed E-state index contributed by atoms with van der Waals surface area (Å²) in [5.41, 5.74) is 2.92. The molecule has 0 radical (unpaired) electrons. The number of carbonyl (C=O) groups is 1. The second-order valence-electron chi connectivity index (χ2n) is 7.00. The van der Waals surface area contributed by atoms with Crippen molar-refractivity contribution in [2.75, 3.05) is 31.1 Å². The molecular weight excluding hydrogens is 370 g/mol. The summed E-state index contributed by atoms with van der Waals surface area (Å²) >= 11 is 6.31. The molecule has 1 amide bonds. The van der Waals surface area contributed by atoms with Gasteiger partial charge in [-0.2, -0.15) is 0 Å². The number of nitrogens with zero attached hydrogens (tertiary/aromatic N) is 2. The summed E-state index contributed by atoms with van der Waals surface area (Å²) < 4.78 is 0. The molecule has 1 aliphatic rings. The summed E-state index contributed by atoms with van der Waals surface area (Å²) in [7, 11) is 0. The average molecular weight is 392 g/mol. The fraction of sp³-hybridized carbons (Fsp3) is 0.217. The van der Waals surface area contributed by atoms with E-state index in [-0.39, 0.29) is 5.91 Å². The van der Waals surface area contributed by atoms with E-state index < -0.39 is 0 Å². The van der Waals surface area contributed by atoms with Crippen LogP contribution in [0.4, 0.5) is 5.69 Å². The zero-order chi connectivity index (χ0) is 19.5. The number of hydrogen-bond donors (Lipinski definition) is 1. The van der Waals surface area contributed by atoms with Crippen molar-refractivity contribution in [3.05, 3.63) is 76.8 Å². The van der Waals surface area contributed by atoms with Crippen molar-refractivity contribution in [3.8, 4) is 0 Å². The van der Waals surface area contributed by atoms with Crippen molar-refractivity contribution in [3.63, 3.8) is 0 Å². The van der Waals surface area contributed by atoms with E-state index in [2.05, 4.69) is 4.90 Å². The van der Waals surface area contributed by atoms with E-state index in [4.69, 9.17) is 17.0 Å². The molecular formula is C23H22ClN3O. The maximum atomic E-state index is 12.9. The number of para-hydroxylation sites is 1. The number of nitrogens with one attached hydrogen (secondary N) is 1. The van der Waals surface area contributed by atoms with Gasteiger partial charge in [0.15, 0.2) is 0 Å². The third-order valence-electron chi connectivity index (χ3n) is 5.37. The first-order chi connectivity index (χ1) is 13.7. The van der Waals surface area contributed by atoms with Crippen molar-refractivity contribution < 1.29 is 4.79 Å². The van der Waals surface area contributed by atoms with Crippen LogP contribution >= 0.6 is 11.6 Å². The van der Waals surface area contributed by atoms with Crippen LogP contribution in [0.25, 0.3) is 10.8 Å². The van der Waals surface area contributed by atoms with Gasteiger partial charge in [-0.1, -0.05) is 60.1 Å². The predicted octanol–water partition coefficient (Wildman–Crippen LogP) is 4.38. The molecule has 3 aromatic rings. The van der Waals surface area contributed by atoms with E-state index in [9.17, 15) is 4.79 Å². The Kier molecular flexibility index (Phi) is 5.31. The van der Waals surface area contributed by atoms with Crippen molar-refractivity contribution in [1.29, 1.82) is 5.41 Å². The zero-order valence-electron chi connectivity index (χ0n) is 15.6. The fourth-order valence-corrected chi connectivity index (χ4v) is 4.10. The van der Waals surface area contributed by atoms with Crippen LogP contribution in [0, 0.1) is 5.41 Å². The summed E-state index contributed by atoms with van der Waals surface area (Å²) in [6.45, 7) is 2.95. The summed E-state index contributed by atoms with van der Waals surface area (Å²) in [5.74, 6) is 0.145. The third kappa shape index (κ3) is 3.60. The van der Waals surface area contributed by atoms with E-state index >= 15 is 0 Å². The summed E-state index contributed by atoms with van der Waals surface area (Å²) in [5, 5.41) is 10.4. The van der Waals surface area contributed by atoms with Gasteiger partial charge in [-0.3, -0.25) is 4.79 Å². The highest BCUT2D eigenvalue weighted by Crippen LogP contribution is 2.27. The Bertz CT molecular complexity index is 1030. The Morgan fingerprint density at radius 3 is 2.32 bits per heavy atom. The molecule has 1 aliphatic heterocycles.